The van der Waals surface area contributed by atoms with Gasteiger partial charge in [-0.05, 0) is 30.2 Å². The Balaban J connectivity index is 2.21. The predicted octanol–water partition coefficient (Wildman–Crippen LogP) is 3.21. The van der Waals surface area contributed by atoms with Crippen molar-refractivity contribution in [1.29, 1.82) is 0 Å². The monoisotopic (exact) mass is 346 g/mol. The summed E-state index contributed by atoms with van der Waals surface area (Å²) in [6, 6.07) is 6.09. The summed E-state index contributed by atoms with van der Waals surface area (Å²) in [5.41, 5.74) is 7.08. The number of hydrogen-bond donors (Lipinski definition) is 1. The Hall–Kier alpha value is -0.130. The summed E-state index contributed by atoms with van der Waals surface area (Å²) in [6.45, 7) is 5.30. The highest BCUT2D eigenvalue weighted by Gasteiger charge is 2.27. The number of ether oxygens (including phenoxy) is 1. The van der Waals surface area contributed by atoms with Crippen LogP contribution in [0.2, 0.25) is 5.02 Å². The molecule has 1 aromatic rings. The van der Waals surface area contributed by atoms with Crippen LogP contribution < -0.4 is 5.73 Å². The topological polar surface area (TPSA) is 38.5 Å². The van der Waals surface area contributed by atoms with Crippen molar-refractivity contribution in [2.24, 2.45) is 5.73 Å². The molecule has 1 heterocycles. The van der Waals surface area contributed by atoms with E-state index in [0.717, 1.165) is 41.2 Å². The lowest BCUT2D eigenvalue weighted by molar-refractivity contribution is -0.0437. The van der Waals surface area contributed by atoms with Gasteiger partial charge in [0.15, 0.2) is 0 Å². The van der Waals surface area contributed by atoms with Gasteiger partial charge >= 0.3 is 0 Å². The van der Waals surface area contributed by atoms with Gasteiger partial charge in [-0.1, -0.05) is 34.5 Å². The molecule has 0 aliphatic carbocycles. The van der Waals surface area contributed by atoms with E-state index in [0.29, 0.717) is 12.6 Å². The van der Waals surface area contributed by atoms with Gasteiger partial charge in [0.2, 0.25) is 0 Å². The van der Waals surface area contributed by atoms with Gasteiger partial charge in [0, 0.05) is 35.2 Å². The van der Waals surface area contributed by atoms with Crippen LogP contribution in [-0.4, -0.2) is 37.2 Å². The van der Waals surface area contributed by atoms with Crippen molar-refractivity contribution in [3.63, 3.8) is 0 Å². The molecule has 1 saturated heterocycles. The minimum absolute atomic E-state index is 0.156. The van der Waals surface area contributed by atoms with Gasteiger partial charge in [0.05, 0.1) is 12.7 Å². The van der Waals surface area contributed by atoms with Gasteiger partial charge in [-0.3, -0.25) is 4.90 Å². The minimum atomic E-state index is 0.156. The molecule has 0 amide bonds. The average molecular weight is 348 g/mol. The number of morpholine rings is 1. The molecule has 0 saturated carbocycles. The third-order valence-electron chi connectivity index (χ3n) is 3.61. The normalized spacial score (nSPS) is 22.4. The third kappa shape index (κ3) is 3.70. The van der Waals surface area contributed by atoms with E-state index in [-0.39, 0.29) is 6.04 Å². The number of benzene rings is 1. The molecule has 2 unspecified atom stereocenters. The van der Waals surface area contributed by atoms with Gasteiger partial charge in [0.1, 0.15) is 0 Å². The second-order valence-electron chi connectivity index (χ2n) is 4.81. The Morgan fingerprint density at radius 2 is 2.37 bits per heavy atom. The largest absolute Gasteiger partial charge is 0.376 e. The Morgan fingerprint density at radius 3 is 3.05 bits per heavy atom. The van der Waals surface area contributed by atoms with E-state index in [9.17, 15) is 0 Å². The van der Waals surface area contributed by atoms with Crippen LogP contribution in [0, 0.1) is 0 Å². The van der Waals surface area contributed by atoms with Crippen LogP contribution in [0.15, 0.2) is 22.7 Å². The molecule has 106 valence electrons. The van der Waals surface area contributed by atoms with Gasteiger partial charge < -0.3 is 10.5 Å². The van der Waals surface area contributed by atoms with Crippen molar-refractivity contribution in [2.75, 3.05) is 26.2 Å². The Morgan fingerprint density at radius 1 is 1.58 bits per heavy atom. The van der Waals surface area contributed by atoms with E-state index in [2.05, 4.69) is 33.8 Å². The second kappa shape index (κ2) is 7.04. The Bertz CT molecular complexity index is 430. The molecule has 0 radical (unpaired) electrons. The van der Waals surface area contributed by atoms with E-state index < -0.39 is 0 Å². The van der Waals surface area contributed by atoms with E-state index in [1.807, 2.05) is 12.1 Å². The lowest BCUT2D eigenvalue weighted by Gasteiger charge is -2.38. The molecular formula is C14H20BrClN2O. The van der Waals surface area contributed by atoms with Crippen molar-refractivity contribution < 1.29 is 4.74 Å². The van der Waals surface area contributed by atoms with Gasteiger partial charge in [-0.15, -0.1) is 0 Å². The fourth-order valence-electron chi connectivity index (χ4n) is 2.51. The van der Waals surface area contributed by atoms with Gasteiger partial charge in [-0.25, -0.2) is 0 Å². The van der Waals surface area contributed by atoms with Crippen LogP contribution in [0.5, 0.6) is 0 Å². The summed E-state index contributed by atoms with van der Waals surface area (Å²) >= 11 is 9.83. The molecule has 0 aromatic heterocycles. The SMILES string of the molecule is CCC1CN(C(CN)c2cc(Br)ccc2Cl)CCO1. The molecule has 19 heavy (non-hydrogen) atoms. The highest BCUT2D eigenvalue weighted by Crippen LogP contribution is 2.31. The van der Waals surface area contributed by atoms with Crippen LogP contribution in [0.1, 0.15) is 24.9 Å². The fraction of sp³-hybridized carbons (Fsp3) is 0.571. The smallest absolute Gasteiger partial charge is 0.0700 e. The molecule has 2 atom stereocenters. The lowest BCUT2D eigenvalue weighted by atomic mass is 10.0. The van der Waals surface area contributed by atoms with Crippen LogP contribution in [0.3, 0.4) is 0 Å². The van der Waals surface area contributed by atoms with E-state index in [1.165, 1.54) is 0 Å². The number of hydrogen-bond acceptors (Lipinski definition) is 3. The first-order chi connectivity index (χ1) is 9.15. The van der Waals surface area contributed by atoms with E-state index in [1.54, 1.807) is 0 Å². The highest BCUT2D eigenvalue weighted by atomic mass is 79.9. The highest BCUT2D eigenvalue weighted by molar-refractivity contribution is 9.10. The van der Waals surface area contributed by atoms with Crippen molar-refractivity contribution in [3.8, 4) is 0 Å². The molecule has 1 aliphatic heterocycles. The Labute approximate surface area is 128 Å². The quantitative estimate of drug-likeness (QED) is 0.909. The maximum atomic E-state index is 6.32. The van der Waals surface area contributed by atoms with Crippen LogP contribution >= 0.6 is 27.5 Å². The Kier molecular flexibility index (Phi) is 5.66. The zero-order valence-corrected chi connectivity index (χ0v) is 13.5. The molecule has 1 fully saturated rings. The molecular weight excluding hydrogens is 328 g/mol. The number of rotatable bonds is 4. The van der Waals surface area contributed by atoms with Gasteiger partial charge in [0.25, 0.3) is 0 Å². The van der Waals surface area contributed by atoms with Crippen LogP contribution in [-0.2, 0) is 4.74 Å². The molecule has 1 aliphatic rings. The van der Waals surface area contributed by atoms with E-state index >= 15 is 0 Å². The second-order valence-corrected chi connectivity index (χ2v) is 6.14. The summed E-state index contributed by atoms with van der Waals surface area (Å²) in [5, 5.41) is 0.776. The minimum Gasteiger partial charge on any atom is -0.376 e. The van der Waals surface area contributed by atoms with Crippen molar-refractivity contribution in [2.45, 2.75) is 25.5 Å². The van der Waals surface area contributed by atoms with Gasteiger partial charge in [-0.2, -0.15) is 0 Å². The van der Waals surface area contributed by atoms with Crippen molar-refractivity contribution in [3.05, 3.63) is 33.3 Å². The van der Waals surface area contributed by atoms with Crippen molar-refractivity contribution >= 4 is 27.5 Å². The number of halogens is 2. The summed E-state index contributed by atoms with van der Waals surface area (Å²) in [6.07, 6.45) is 1.33. The van der Waals surface area contributed by atoms with Crippen LogP contribution in [0.4, 0.5) is 0 Å². The lowest BCUT2D eigenvalue weighted by Crippen LogP contribution is -2.46. The summed E-state index contributed by atoms with van der Waals surface area (Å²) in [4.78, 5) is 2.38. The standard InChI is InChI=1S/C14H20BrClN2O/c1-2-11-9-18(5-6-19-11)14(8-17)12-7-10(15)3-4-13(12)16/h3-4,7,11,14H,2,5-6,8-9,17H2,1H3. The predicted molar refractivity (Wildman–Crippen MR) is 82.6 cm³/mol. The fourth-order valence-corrected chi connectivity index (χ4v) is 3.14. The molecule has 0 spiro atoms. The molecule has 5 heteroatoms. The number of nitrogens with zero attached hydrogens (tertiary/aromatic N) is 1. The summed E-state index contributed by atoms with van der Waals surface area (Å²) in [7, 11) is 0. The zero-order chi connectivity index (χ0) is 13.8. The molecule has 2 N–H and O–H groups in total. The van der Waals surface area contributed by atoms with Crippen LogP contribution in [0.25, 0.3) is 0 Å². The molecule has 1 aromatic carbocycles. The van der Waals surface area contributed by atoms with E-state index in [4.69, 9.17) is 22.1 Å². The number of nitrogens with two attached hydrogens (primary N) is 1. The summed E-state index contributed by atoms with van der Waals surface area (Å²) < 4.78 is 6.75. The zero-order valence-electron chi connectivity index (χ0n) is 11.1. The first-order valence-electron chi connectivity index (χ1n) is 6.66. The molecule has 0 bridgehead atoms. The first kappa shape index (κ1) is 15.3. The summed E-state index contributed by atoms with van der Waals surface area (Å²) in [5.74, 6) is 0. The third-order valence-corrected chi connectivity index (χ3v) is 4.44. The molecule has 2 rings (SSSR count). The van der Waals surface area contributed by atoms with Crippen molar-refractivity contribution in [1.82, 2.24) is 4.90 Å². The molecule has 3 nitrogen and oxygen atoms in total. The first-order valence-corrected chi connectivity index (χ1v) is 7.83. The maximum absolute atomic E-state index is 6.32. The maximum Gasteiger partial charge on any atom is 0.0700 e. The average Bonchev–Trinajstić information content (AvgIpc) is 2.44.